The number of nitrogens with one attached hydrogen (secondary N) is 2. The molecule has 0 bridgehead atoms. The van der Waals surface area contributed by atoms with Crippen LogP contribution in [0.2, 0.25) is 0 Å². The first-order chi connectivity index (χ1) is 13.5. The van der Waals surface area contributed by atoms with E-state index in [9.17, 15) is 9.59 Å². The summed E-state index contributed by atoms with van der Waals surface area (Å²) in [4.78, 5) is 25.7. The first-order valence-electron chi connectivity index (χ1n) is 8.93. The molecule has 0 fully saturated rings. The number of carbonyl (C=O) groups excluding carboxylic acids is 2. The summed E-state index contributed by atoms with van der Waals surface area (Å²) in [5.41, 5.74) is 7.91. The summed E-state index contributed by atoms with van der Waals surface area (Å²) in [5, 5.41) is 10.3. The Balaban J connectivity index is 1.82. The standard InChI is InChI=1S/C23H21N3O2/c24-22(25)18-11-13-19(14-12-18)23(28)26-20(15-16-7-3-1-4-8-16)21(27)17-9-5-2-6-10-17/h1-14,20H,15H2,(H3,24,25)(H,26,28). The van der Waals surface area contributed by atoms with Crippen LogP contribution in [-0.4, -0.2) is 23.6 Å². The van der Waals surface area contributed by atoms with Gasteiger partial charge in [-0.15, -0.1) is 0 Å². The van der Waals surface area contributed by atoms with Crippen LogP contribution >= 0.6 is 0 Å². The second-order valence-corrected chi connectivity index (χ2v) is 6.44. The van der Waals surface area contributed by atoms with Crippen LogP contribution in [0, 0.1) is 5.41 Å². The molecule has 0 saturated heterocycles. The molecule has 0 radical (unpaired) electrons. The zero-order valence-corrected chi connectivity index (χ0v) is 15.3. The highest BCUT2D eigenvalue weighted by Gasteiger charge is 2.23. The van der Waals surface area contributed by atoms with Crippen LogP contribution in [0.25, 0.3) is 0 Å². The number of ketones is 1. The van der Waals surface area contributed by atoms with E-state index in [1.54, 1.807) is 48.5 Å². The van der Waals surface area contributed by atoms with Gasteiger partial charge in [0, 0.05) is 23.1 Å². The Morgan fingerprint density at radius 1 is 0.786 bits per heavy atom. The molecule has 140 valence electrons. The molecule has 0 saturated carbocycles. The topological polar surface area (TPSA) is 96.0 Å². The van der Waals surface area contributed by atoms with Gasteiger partial charge in [0.05, 0.1) is 6.04 Å². The average molecular weight is 371 g/mol. The van der Waals surface area contributed by atoms with Gasteiger partial charge >= 0.3 is 0 Å². The van der Waals surface area contributed by atoms with Gasteiger partial charge in [-0.2, -0.15) is 0 Å². The molecule has 5 heteroatoms. The molecule has 4 N–H and O–H groups in total. The first-order valence-corrected chi connectivity index (χ1v) is 8.93. The first kappa shape index (κ1) is 19.0. The second kappa shape index (κ2) is 8.77. The third-order valence-corrected chi connectivity index (χ3v) is 4.42. The molecule has 0 heterocycles. The summed E-state index contributed by atoms with van der Waals surface area (Å²) in [7, 11) is 0. The molecule has 28 heavy (non-hydrogen) atoms. The van der Waals surface area contributed by atoms with E-state index in [0.29, 0.717) is 23.1 Å². The van der Waals surface area contributed by atoms with Gasteiger partial charge in [-0.1, -0.05) is 72.8 Å². The zero-order chi connectivity index (χ0) is 19.9. The Morgan fingerprint density at radius 3 is 1.89 bits per heavy atom. The van der Waals surface area contributed by atoms with Gasteiger partial charge in [-0.05, 0) is 17.7 Å². The molecule has 0 aliphatic carbocycles. The summed E-state index contributed by atoms with van der Waals surface area (Å²) < 4.78 is 0. The molecular formula is C23H21N3O2. The Morgan fingerprint density at radius 2 is 1.32 bits per heavy atom. The fraction of sp³-hybridized carbons (Fsp3) is 0.0870. The van der Waals surface area contributed by atoms with Gasteiger partial charge in [0.1, 0.15) is 5.84 Å². The van der Waals surface area contributed by atoms with Gasteiger partial charge in [0.2, 0.25) is 0 Å². The Hall–Kier alpha value is -3.73. The number of amidine groups is 1. The van der Waals surface area contributed by atoms with Gasteiger partial charge in [-0.3, -0.25) is 15.0 Å². The molecular weight excluding hydrogens is 350 g/mol. The van der Waals surface area contributed by atoms with Crippen molar-refractivity contribution in [2.45, 2.75) is 12.5 Å². The van der Waals surface area contributed by atoms with Crippen LogP contribution in [0.4, 0.5) is 0 Å². The average Bonchev–Trinajstić information content (AvgIpc) is 2.74. The maximum atomic E-state index is 13.0. The number of nitrogens with two attached hydrogens (primary N) is 1. The molecule has 1 unspecified atom stereocenters. The molecule has 3 aromatic carbocycles. The number of hydrogen-bond acceptors (Lipinski definition) is 3. The van der Waals surface area contributed by atoms with E-state index in [0.717, 1.165) is 5.56 Å². The number of nitrogen functional groups attached to an aromatic ring is 1. The van der Waals surface area contributed by atoms with E-state index in [-0.39, 0.29) is 17.5 Å². The van der Waals surface area contributed by atoms with Gasteiger partial charge in [0.15, 0.2) is 5.78 Å². The van der Waals surface area contributed by atoms with E-state index >= 15 is 0 Å². The molecule has 0 spiro atoms. The van der Waals surface area contributed by atoms with E-state index < -0.39 is 6.04 Å². The lowest BCUT2D eigenvalue weighted by molar-refractivity contribution is 0.0857. The number of carbonyl (C=O) groups is 2. The van der Waals surface area contributed by atoms with Crippen molar-refractivity contribution >= 4 is 17.5 Å². The Labute approximate surface area is 163 Å². The van der Waals surface area contributed by atoms with Crippen molar-refractivity contribution in [3.8, 4) is 0 Å². The quantitative estimate of drug-likeness (QED) is 0.338. The van der Waals surface area contributed by atoms with E-state index in [1.165, 1.54) is 0 Å². The number of hydrogen-bond donors (Lipinski definition) is 3. The molecule has 1 atom stereocenters. The predicted octanol–water partition coefficient (Wildman–Crippen LogP) is 3.19. The highest BCUT2D eigenvalue weighted by atomic mass is 16.2. The van der Waals surface area contributed by atoms with Gasteiger partial charge < -0.3 is 11.1 Å². The molecule has 3 aromatic rings. The Bertz CT molecular complexity index is 968. The van der Waals surface area contributed by atoms with Crippen molar-refractivity contribution in [3.05, 3.63) is 107 Å². The van der Waals surface area contributed by atoms with Crippen LogP contribution in [0.5, 0.6) is 0 Å². The van der Waals surface area contributed by atoms with Gasteiger partial charge in [0.25, 0.3) is 5.91 Å². The van der Waals surface area contributed by atoms with Crippen molar-refractivity contribution < 1.29 is 9.59 Å². The van der Waals surface area contributed by atoms with Crippen molar-refractivity contribution in [1.82, 2.24) is 5.32 Å². The van der Waals surface area contributed by atoms with Crippen molar-refractivity contribution in [3.63, 3.8) is 0 Å². The van der Waals surface area contributed by atoms with Crippen LogP contribution in [0.1, 0.15) is 31.8 Å². The molecule has 0 aromatic heterocycles. The SMILES string of the molecule is N=C(N)c1ccc(C(=O)NC(Cc2ccccc2)C(=O)c2ccccc2)cc1. The minimum absolute atomic E-state index is 0.0619. The minimum Gasteiger partial charge on any atom is -0.384 e. The molecule has 5 nitrogen and oxygen atoms in total. The molecule has 0 aliphatic heterocycles. The third kappa shape index (κ3) is 4.71. The number of Topliss-reactive ketones (excluding diaryl/α,β-unsaturated/α-hetero) is 1. The van der Waals surface area contributed by atoms with E-state index in [2.05, 4.69) is 5.32 Å². The molecule has 1 amide bonds. The number of benzene rings is 3. The van der Waals surface area contributed by atoms with Crippen molar-refractivity contribution in [2.75, 3.05) is 0 Å². The van der Waals surface area contributed by atoms with E-state index in [1.807, 2.05) is 36.4 Å². The summed E-state index contributed by atoms with van der Waals surface area (Å²) in [6.07, 6.45) is 0.395. The minimum atomic E-state index is -0.690. The maximum Gasteiger partial charge on any atom is 0.251 e. The largest absolute Gasteiger partial charge is 0.384 e. The lowest BCUT2D eigenvalue weighted by Crippen LogP contribution is -2.42. The number of amides is 1. The summed E-state index contributed by atoms with van der Waals surface area (Å²) in [5.74, 6) is -0.549. The van der Waals surface area contributed by atoms with Crippen molar-refractivity contribution in [2.24, 2.45) is 5.73 Å². The maximum absolute atomic E-state index is 13.0. The van der Waals surface area contributed by atoms with E-state index in [4.69, 9.17) is 11.1 Å². The lowest BCUT2D eigenvalue weighted by Gasteiger charge is -2.18. The summed E-state index contributed by atoms with van der Waals surface area (Å²) in [6, 6.07) is 24.2. The summed E-state index contributed by atoms with van der Waals surface area (Å²) in [6.45, 7) is 0. The zero-order valence-electron chi connectivity index (χ0n) is 15.3. The fourth-order valence-corrected chi connectivity index (χ4v) is 2.91. The van der Waals surface area contributed by atoms with Crippen LogP contribution < -0.4 is 11.1 Å². The fourth-order valence-electron chi connectivity index (χ4n) is 2.91. The van der Waals surface area contributed by atoms with Crippen molar-refractivity contribution in [1.29, 1.82) is 5.41 Å². The van der Waals surface area contributed by atoms with Crippen LogP contribution in [0.3, 0.4) is 0 Å². The third-order valence-electron chi connectivity index (χ3n) is 4.42. The molecule has 0 aliphatic rings. The Kier molecular flexibility index (Phi) is 5.97. The summed E-state index contributed by atoms with van der Waals surface area (Å²) >= 11 is 0. The molecule has 3 rings (SSSR count). The van der Waals surface area contributed by atoms with Gasteiger partial charge in [-0.25, -0.2) is 0 Å². The second-order valence-electron chi connectivity index (χ2n) is 6.44. The normalized spacial score (nSPS) is 11.4. The predicted molar refractivity (Wildman–Crippen MR) is 110 cm³/mol. The van der Waals surface area contributed by atoms with Crippen LogP contribution in [0.15, 0.2) is 84.9 Å². The number of rotatable bonds is 7. The monoisotopic (exact) mass is 371 g/mol. The highest BCUT2D eigenvalue weighted by molar-refractivity contribution is 6.04. The highest BCUT2D eigenvalue weighted by Crippen LogP contribution is 2.11. The lowest BCUT2D eigenvalue weighted by atomic mass is 9.97. The van der Waals surface area contributed by atoms with Crippen LogP contribution in [-0.2, 0) is 6.42 Å². The smallest absolute Gasteiger partial charge is 0.251 e.